The van der Waals surface area contributed by atoms with Gasteiger partial charge in [-0.25, -0.2) is 0 Å². The summed E-state index contributed by atoms with van der Waals surface area (Å²) in [5.74, 6) is 0.0937. The number of hydrogen-bond donors (Lipinski definition) is 3. The smallest absolute Gasteiger partial charge is 0.261 e. The molecule has 134 valence electrons. The van der Waals surface area contributed by atoms with E-state index in [0.29, 0.717) is 4.88 Å². The monoisotopic (exact) mass is 362 g/mol. The van der Waals surface area contributed by atoms with Crippen molar-refractivity contribution in [3.8, 4) is 5.75 Å². The van der Waals surface area contributed by atoms with Crippen molar-refractivity contribution in [3.63, 3.8) is 0 Å². The number of para-hydroxylation sites is 1. The zero-order valence-electron chi connectivity index (χ0n) is 14.2. The minimum absolute atomic E-state index is 0.0542. The van der Waals surface area contributed by atoms with Crippen LogP contribution >= 0.6 is 11.3 Å². The summed E-state index contributed by atoms with van der Waals surface area (Å²) in [6, 6.07) is 9.27. The number of thiophene rings is 1. The minimum atomic E-state index is -0.837. The average Bonchev–Trinajstić information content (AvgIpc) is 3.12. The predicted molar refractivity (Wildman–Crippen MR) is 97.1 cm³/mol. The van der Waals surface area contributed by atoms with Gasteiger partial charge in [-0.2, -0.15) is 0 Å². The van der Waals surface area contributed by atoms with Crippen molar-refractivity contribution in [1.82, 2.24) is 10.6 Å². The lowest BCUT2D eigenvalue weighted by Crippen LogP contribution is -2.41. The highest BCUT2D eigenvalue weighted by Gasteiger charge is 2.12. The van der Waals surface area contributed by atoms with E-state index in [1.54, 1.807) is 17.5 Å². The van der Waals surface area contributed by atoms with Crippen LogP contribution in [0.3, 0.4) is 0 Å². The van der Waals surface area contributed by atoms with Crippen molar-refractivity contribution in [3.05, 3.63) is 51.7 Å². The van der Waals surface area contributed by atoms with E-state index in [4.69, 9.17) is 4.74 Å². The number of nitrogens with one attached hydrogen (secondary N) is 2. The first-order valence-corrected chi connectivity index (χ1v) is 8.81. The van der Waals surface area contributed by atoms with Gasteiger partial charge in [0.15, 0.2) is 0 Å². The number of hydrogen-bond acceptors (Lipinski definition) is 5. The molecule has 1 unspecified atom stereocenters. The van der Waals surface area contributed by atoms with E-state index in [1.165, 1.54) is 11.3 Å². The van der Waals surface area contributed by atoms with E-state index in [0.717, 1.165) is 16.9 Å². The minimum Gasteiger partial charge on any atom is -0.490 e. The summed E-state index contributed by atoms with van der Waals surface area (Å²) in [7, 11) is 0. The quantitative estimate of drug-likeness (QED) is 0.666. The van der Waals surface area contributed by atoms with E-state index in [9.17, 15) is 14.7 Å². The molecule has 1 aromatic carbocycles. The summed E-state index contributed by atoms with van der Waals surface area (Å²) >= 11 is 1.31. The first-order chi connectivity index (χ1) is 12.0. The van der Waals surface area contributed by atoms with E-state index in [-0.39, 0.29) is 31.5 Å². The number of aliphatic hydroxyl groups is 1. The molecule has 0 spiro atoms. The second-order valence-electron chi connectivity index (χ2n) is 5.65. The zero-order chi connectivity index (χ0) is 18.2. The highest BCUT2D eigenvalue weighted by molar-refractivity contribution is 7.12. The molecule has 0 aliphatic carbocycles. The van der Waals surface area contributed by atoms with E-state index >= 15 is 0 Å². The second kappa shape index (κ2) is 9.19. The summed E-state index contributed by atoms with van der Waals surface area (Å²) in [6.45, 7) is 3.87. The maximum Gasteiger partial charge on any atom is 0.261 e. The third kappa shape index (κ3) is 5.88. The van der Waals surface area contributed by atoms with Gasteiger partial charge in [-0.1, -0.05) is 24.3 Å². The molecule has 0 saturated carbocycles. The van der Waals surface area contributed by atoms with Gasteiger partial charge in [0.1, 0.15) is 18.5 Å². The Bertz CT molecular complexity index is 696. The Balaban J connectivity index is 1.68. The third-order valence-corrected chi connectivity index (χ3v) is 4.39. The highest BCUT2D eigenvalue weighted by Crippen LogP contribution is 2.22. The van der Waals surface area contributed by atoms with Crippen LogP contribution in [0, 0.1) is 13.8 Å². The topological polar surface area (TPSA) is 87.7 Å². The molecule has 0 bridgehead atoms. The molecule has 2 rings (SSSR count). The molecule has 6 nitrogen and oxygen atoms in total. The van der Waals surface area contributed by atoms with Gasteiger partial charge >= 0.3 is 0 Å². The summed E-state index contributed by atoms with van der Waals surface area (Å²) in [5, 5.41) is 16.8. The van der Waals surface area contributed by atoms with Crippen molar-refractivity contribution >= 4 is 23.2 Å². The number of aliphatic hydroxyl groups excluding tert-OH is 1. The molecular formula is C18H22N2O4S. The number of benzene rings is 1. The Hall–Kier alpha value is -2.38. The van der Waals surface area contributed by atoms with E-state index in [2.05, 4.69) is 10.6 Å². The van der Waals surface area contributed by atoms with Crippen LogP contribution in [0.15, 0.2) is 35.7 Å². The molecule has 25 heavy (non-hydrogen) atoms. The van der Waals surface area contributed by atoms with Crippen LogP contribution in [0.1, 0.15) is 20.8 Å². The fraction of sp³-hybridized carbons (Fsp3) is 0.333. The third-order valence-electron chi connectivity index (χ3n) is 3.52. The van der Waals surface area contributed by atoms with Gasteiger partial charge in [-0.3, -0.25) is 9.59 Å². The van der Waals surface area contributed by atoms with E-state index < -0.39 is 6.10 Å². The molecule has 0 aliphatic rings. The van der Waals surface area contributed by atoms with Crippen LogP contribution in [-0.4, -0.2) is 42.7 Å². The van der Waals surface area contributed by atoms with Gasteiger partial charge in [-0.15, -0.1) is 11.3 Å². The van der Waals surface area contributed by atoms with Gasteiger partial charge in [0.2, 0.25) is 5.91 Å². The van der Waals surface area contributed by atoms with Gasteiger partial charge < -0.3 is 20.5 Å². The maximum atomic E-state index is 11.7. The number of amides is 2. The number of carbonyl (C=O) groups excluding carboxylic acids is 2. The van der Waals surface area contributed by atoms with Gasteiger partial charge in [-0.05, 0) is 36.4 Å². The molecule has 2 amide bonds. The first kappa shape index (κ1) is 19.0. The Morgan fingerprint density at radius 2 is 1.88 bits per heavy atom. The fourth-order valence-electron chi connectivity index (χ4n) is 2.21. The van der Waals surface area contributed by atoms with Crippen molar-refractivity contribution in [2.75, 3.05) is 19.7 Å². The number of carbonyl (C=O) groups is 2. The largest absolute Gasteiger partial charge is 0.490 e. The molecule has 1 atom stereocenters. The molecule has 0 fully saturated rings. The maximum absolute atomic E-state index is 11.7. The summed E-state index contributed by atoms with van der Waals surface area (Å²) in [5.41, 5.74) is 1.99. The van der Waals surface area contributed by atoms with Crippen LogP contribution in [0.4, 0.5) is 0 Å². The lowest BCUT2D eigenvalue weighted by molar-refractivity contribution is -0.120. The van der Waals surface area contributed by atoms with Crippen LogP contribution < -0.4 is 15.4 Å². The Labute approximate surface area is 150 Å². The summed E-state index contributed by atoms with van der Waals surface area (Å²) < 4.78 is 5.64. The Morgan fingerprint density at radius 1 is 1.16 bits per heavy atom. The molecule has 0 saturated heterocycles. The van der Waals surface area contributed by atoms with Gasteiger partial charge in [0.25, 0.3) is 5.91 Å². The lowest BCUT2D eigenvalue weighted by atomic mass is 10.1. The molecule has 0 aliphatic heterocycles. The van der Waals surface area contributed by atoms with Gasteiger partial charge in [0, 0.05) is 6.54 Å². The van der Waals surface area contributed by atoms with Crippen LogP contribution in [0.25, 0.3) is 0 Å². The number of aryl methyl sites for hydroxylation is 2. The molecule has 2 aromatic rings. The van der Waals surface area contributed by atoms with Crippen LogP contribution in [-0.2, 0) is 4.79 Å². The molecular weight excluding hydrogens is 340 g/mol. The van der Waals surface area contributed by atoms with Gasteiger partial charge in [0.05, 0.1) is 11.4 Å². The average molecular weight is 362 g/mol. The number of rotatable bonds is 8. The molecule has 1 heterocycles. The fourth-order valence-corrected chi connectivity index (χ4v) is 2.85. The normalized spacial score (nSPS) is 11.6. The Morgan fingerprint density at radius 3 is 2.52 bits per heavy atom. The van der Waals surface area contributed by atoms with Crippen LogP contribution in [0.5, 0.6) is 5.75 Å². The SMILES string of the molecule is Cc1cccc(C)c1OCC(O)CNC(=O)CNC(=O)c1cccs1. The van der Waals surface area contributed by atoms with Crippen molar-refractivity contribution in [1.29, 1.82) is 0 Å². The van der Waals surface area contributed by atoms with Crippen molar-refractivity contribution < 1.29 is 19.4 Å². The number of ether oxygens (including phenoxy) is 1. The standard InChI is InChI=1S/C18H22N2O4S/c1-12-5-3-6-13(2)17(12)24-11-14(21)9-19-16(22)10-20-18(23)15-7-4-8-25-15/h3-8,14,21H,9-11H2,1-2H3,(H,19,22)(H,20,23). The summed E-state index contributed by atoms with van der Waals surface area (Å²) in [4.78, 5) is 24.0. The molecule has 7 heteroatoms. The zero-order valence-corrected chi connectivity index (χ0v) is 15.1. The lowest BCUT2D eigenvalue weighted by Gasteiger charge is -2.16. The Kier molecular flexibility index (Phi) is 6.97. The van der Waals surface area contributed by atoms with Crippen molar-refractivity contribution in [2.45, 2.75) is 20.0 Å². The van der Waals surface area contributed by atoms with E-state index in [1.807, 2.05) is 32.0 Å². The van der Waals surface area contributed by atoms with Crippen molar-refractivity contribution in [2.24, 2.45) is 0 Å². The molecule has 1 aromatic heterocycles. The molecule has 3 N–H and O–H groups in total. The predicted octanol–water partition coefficient (Wildman–Crippen LogP) is 1.65. The second-order valence-corrected chi connectivity index (χ2v) is 6.60. The first-order valence-electron chi connectivity index (χ1n) is 7.93. The van der Waals surface area contributed by atoms with Crippen LogP contribution in [0.2, 0.25) is 0 Å². The highest BCUT2D eigenvalue weighted by atomic mass is 32.1. The molecule has 0 radical (unpaired) electrons. The summed E-state index contributed by atoms with van der Waals surface area (Å²) in [6.07, 6.45) is -0.837.